The van der Waals surface area contributed by atoms with Crippen molar-refractivity contribution in [1.82, 2.24) is 0 Å². The van der Waals surface area contributed by atoms with Gasteiger partial charge < -0.3 is 0 Å². The van der Waals surface area contributed by atoms with Gasteiger partial charge in [-0.15, -0.1) is 0 Å². The molecule has 2 fully saturated rings. The second-order valence-corrected chi connectivity index (χ2v) is 3.64. The Morgan fingerprint density at radius 1 is 1.30 bits per heavy atom. The molecule has 58 valence electrons. The Kier molecular flexibility index (Phi) is 0.885. The summed E-state index contributed by atoms with van der Waals surface area (Å²) in [6.45, 7) is 1.91. The zero-order valence-corrected chi connectivity index (χ0v) is 5.70. The van der Waals surface area contributed by atoms with Gasteiger partial charge in [0, 0.05) is 0 Å². The first kappa shape index (κ1) is 6.50. The summed E-state index contributed by atoms with van der Waals surface area (Å²) in [4.78, 5) is 0. The van der Waals surface area contributed by atoms with Crippen molar-refractivity contribution >= 4 is 0 Å². The van der Waals surface area contributed by atoms with Gasteiger partial charge in [0.2, 0.25) is 0 Å². The van der Waals surface area contributed by atoms with Crippen LogP contribution in [0.25, 0.3) is 0 Å². The van der Waals surface area contributed by atoms with Gasteiger partial charge in [0.1, 0.15) is 0 Å². The Labute approximate surface area is 57.4 Å². The van der Waals surface area contributed by atoms with E-state index in [0.29, 0.717) is 12.3 Å². The molecule has 10 heavy (non-hydrogen) atoms. The van der Waals surface area contributed by atoms with Crippen LogP contribution in [0.2, 0.25) is 0 Å². The van der Waals surface area contributed by atoms with E-state index in [1.54, 1.807) is 0 Å². The van der Waals surface area contributed by atoms with Crippen LogP contribution in [0.5, 0.6) is 0 Å². The van der Waals surface area contributed by atoms with E-state index < -0.39 is 12.1 Å². The van der Waals surface area contributed by atoms with E-state index >= 15 is 0 Å². The molecule has 0 heterocycles. The maximum absolute atomic E-state index is 11.9. The van der Waals surface area contributed by atoms with Crippen molar-refractivity contribution in [2.45, 2.75) is 25.9 Å². The molecule has 0 aromatic carbocycles. The SMILES string of the molecule is CC1CC12CC2C(F)(F)F. The number of rotatable bonds is 0. The number of halogens is 3. The summed E-state index contributed by atoms with van der Waals surface area (Å²) in [5.74, 6) is -0.617. The van der Waals surface area contributed by atoms with Crippen molar-refractivity contribution in [3.63, 3.8) is 0 Å². The molecule has 3 heteroatoms. The molecule has 2 rings (SSSR count). The zero-order chi connectivity index (χ0) is 7.57. The van der Waals surface area contributed by atoms with Crippen LogP contribution in [0.3, 0.4) is 0 Å². The fraction of sp³-hybridized carbons (Fsp3) is 1.00. The second kappa shape index (κ2) is 1.36. The Morgan fingerprint density at radius 2 is 1.80 bits per heavy atom. The summed E-state index contributed by atoms with van der Waals surface area (Å²) in [6.07, 6.45) is -2.71. The van der Waals surface area contributed by atoms with Crippen molar-refractivity contribution in [2.24, 2.45) is 17.3 Å². The molecule has 0 saturated heterocycles. The number of hydrogen-bond acceptors (Lipinski definition) is 0. The minimum Gasteiger partial charge on any atom is -0.171 e. The summed E-state index contributed by atoms with van der Waals surface area (Å²) in [7, 11) is 0. The van der Waals surface area contributed by atoms with E-state index in [4.69, 9.17) is 0 Å². The van der Waals surface area contributed by atoms with Crippen molar-refractivity contribution in [3.05, 3.63) is 0 Å². The summed E-state index contributed by atoms with van der Waals surface area (Å²) in [6, 6.07) is 0. The van der Waals surface area contributed by atoms with E-state index in [-0.39, 0.29) is 5.41 Å². The number of hydrogen-bond donors (Lipinski definition) is 0. The maximum atomic E-state index is 11.9. The molecule has 0 nitrogen and oxygen atoms in total. The van der Waals surface area contributed by atoms with Gasteiger partial charge in [0.05, 0.1) is 5.92 Å². The topological polar surface area (TPSA) is 0 Å². The van der Waals surface area contributed by atoms with Crippen LogP contribution in [0, 0.1) is 17.3 Å². The highest BCUT2D eigenvalue weighted by Crippen LogP contribution is 2.77. The average molecular weight is 150 g/mol. The maximum Gasteiger partial charge on any atom is 0.392 e. The molecule has 0 bridgehead atoms. The smallest absolute Gasteiger partial charge is 0.171 e. The minimum absolute atomic E-state index is 0.266. The quantitative estimate of drug-likeness (QED) is 0.498. The van der Waals surface area contributed by atoms with Crippen molar-refractivity contribution in [1.29, 1.82) is 0 Å². The minimum atomic E-state index is -3.91. The normalized spacial score (nSPS) is 51.6. The van der Waals surface area contributed by atoms with Gasteiger partial charge in [-0.25, -0.2) is 0 Å². The first-order valence-corrected chi connectivity index (χ1v) is 3.53. The first-order valence-electron chi connectivity index (χ1n) is 3.53. The highest BCUT2D eigenvalue weighted by Gasteiger charge is 2.76. The fourth-order valence-electron chi connectivity index (χ4n) is 2.04. The summed E-state index contributed by atoms with van der Waals surface area (Å²) < 4.78 is 35.8. The molecule has 0 radical (unpaired) electrons. The zero-order valence-electron chi connectivity index (χ0n) is 5.70. The number of alkyl halides is 3. The van der Waals surface area contributed by atoms with Gasteiger partial charge in [-0.05, 0) is 24.2 Å². The third kappa shape index (κ3) is 0.635. The lowest BCUT2D eigenvalue weighted by Gasteiger charge is -2.02. The van der Waals surface area contributed by atoms with Gasteiger partial charge in [0.15, 0.2) is 0 Å². The fourth-order valence-corrected chi connectivity index (χ4v) is 2.04. The van der Waals surface area contributed by atoms with Crippen molar-refractivity contribution in [3.8, 4) is 0 Å². The predicted octanol–water partition coefficient (Wildman–Crippen LogP) is 2.59. The monoisotopic (exact) mass is 150 g/mol. The molecule has 2 aliphatic rings. The van der Waals surface area contributed by atoms with Crippen LogP contribution in [0.4, 0.5) is 13.2 Å². The molecule has 2 aliphatic carbocycles. The molecule has 0 aromatic heterocycles. The molecule has 2 saturated carbocycles. The van der Waals surface area contributed by atoms with E-state index in [2.05, 4.69) is 0 Å². The molecular formula is C7H9F3. The van der Waals surface area contributed by atoms with Gasteiger partial charge in [-0.3, -0.25) is 0 Å². The Balaban J connectivity index is 2.03. The molecular weight excluding hydrogens is 141 g/mol. The molecule has 3 unspecified atom stereocenters. The molecule has 0 aromatic rings. The predicted molar refractivity (Wildman–Crippen MR) is 30.4 cm³/mol. The molecule has 1 spiro atoms. The van der Waals surface area contributed by atoms with E-state index in [0.717, 1.165) is 6.42 Å². The van der Waals surface area contributed by atoms with Crippen molar-refractivity contribution < 1.29 is 13.2 Å². The summed E-state index contributed by atoms with van der Waals surface area (Å²) in [5.41, 5.74) is -0.266. The lowest BCUT2D eigenvalue weighted by molar-refractivity contribution is -0.152. The third-order valence-corrected chi connectivity index (χ3v) is 3.02. The molecule has 3 atom stereocenters. The van der Waals surface area contributed by atoms with E-state index in [1.807, 2.05) is 6.92 Å². The van der Waals surface area contributed by atoms with Gasteiger partial charge in [-0.2, -0.15) is 13.2 Å². The lowest BCUT2D eigenvalue weighted by atomic mass is 10.2. The van der Waals surface area contributed by atoms with Crippen LogP contribution < -0.4 is 0 Å². The average Bonchev–Trinajstić information content (AvgIpc) is 2.51. The summed E-state index contributed by atoms with van der Waals surface area (Å²) in [5, 5.41) is 0. The third-order valence-electron chi connectivity index (χ3n) is 3.02. The molecule has 0 N–H and O–H groups in total. The van der Waals surface area contributed by atoms with Crippen molar-refractivity contribution in [2.75, 3.05) is 0 Å². The van der Waals surface area contributed by atoms with Gasteiger partial charge >= 0.3 is 6.18 Å². The van der Waals surface area contributed by atoms with Crippen LogP contribution >= 0.6 is 0 Å². The lowest BCUT2D eigenvalue weighted by Crippen LogP contribution is -2.12. The highest BCUT2D eigenvalue weighted by atomic mass is 19.4. The van der Waals surface area contributed by atoms with E-state index in [9.17, 15) is 13.2 Å². The second-order valence-electron chi connectivity index (χ2n) is 3.64. The van der Waals surface area contributed by atoms with Crippen LogP contribution in [0.1, 0.15) is 19.8 Å². The van der Waals surface area contributed by atoms with E-state index in [1.165, 1.54) is 0 Å². The Hall–Kier alpha value is -0.210. The van der Waals surface area contributed by atoms with Crippen LogP contribution in [-0.2, 0) is 0 Å². The first-order chi connectivity index (χ1) is 4.47. The highest BCUT2D eigenvalue weighted by molar-refractivity contribution is 5.18. The van der Waals surface area contributed by atoms with Crippen LogP contribution in [-0.4, -0.2) is 6.18 Å². The largest absolute Gasteiger partial charge is 0.392 e. The summed E-state index contributed by atoms with van der Waals surface area (Å²) >= 11 is 0. The Bertz CT molecular complexity index is 172. The molecule has 0 amide bonds. The molecule has 0 aliphatic heterocycles. The standard InChI is InChI=1S/C7H9F3/c1-4-2-6(4)3-5(6)7(8,9)10/h4-5H,2-3H2,1H3. The Morgan fingerprint density at radius 3 is 1.90 bits per heavy atom. The van der Waals surface area contributed by atoms with Crippen LogP contribution in [0.15, 0.2) is 0 Å². The van der Waals surface area contributed by atoms with Gasteiger partial charge in [0.25, 0.3) is 0 Å². The van der Waals surface area contributed by atoms with Gasteiger partial charge in [-0.1, -0.05) is 6.92 Å².